The molecule has 0 radical (unpaired) electrons. The first kappa shape index (κ1) is 20.2. The summed E-state index contributed by atoms with van der Waals surface area (Å²) in [7, 11) is 1.59. The van der Waals surface area contributed by atoms with Crippen molar-refractivity contribution < 1.29 is 9.53 Å². The monoisotopic (exact) mass is 390 g/mol. The van der Waals surface area contributed by atoms with Gasteiger partial charge in [-0.05, 0) is 0 Å². The molecule has 0 atom stereocenters. The molecule has 118 valence electrons. The Morgan fingerprint density at radius 1 is 0.950 bits per heavy atom. The standard InChI is InChI=1S/C5H7O2.3C4H9.Sn/c1-3-5(6)4-7-2;3*1-3-4-2;/h1,3H,4H2,2H3;3*1,3-4H2,2H3;. The van der Waals surface area contributed by atoms with Crippen molar-refractivity contribution in [3.8, 4) is 0 Å². The van der Waals surface area contributed by atoms with E-state index in [1.807, 2.05) is 6.08 Å². The molecule has 0 amide bonds. The van der Waals surface area contributed by atoms with Crippen LogP contribution >= 0.6 is 0 Å². The van der Waals surface area contributed by atoms with E-state index in [-0.39, 0.29) is 12.4 Å². The SMILES string of the molecule is CCC[CH2][Sn]([CH]=CC(=O)COC)([CH2]CCC)[CH2]CCC. The predicted molar refractivity (Wildman–Crippen MR) is 90.9 cm³/mol. The topological polar surface area (TPSA) is 26.3 Å². The van der Waals surface area contributed by atoms with Crippen LogP contribution in [-0.2, 0) is 9.53 Å². The molecule has 20 heavy (non-hydrogen) atoms. The van der Waals surface area contributed by atoms with Crippen molar-refractivity contribution in [1.82, 2.24) is 0 Å². The predicted octanol–water partition coefficient (Wildman–Crippen LogP) is 5.15. The van der Waals surface area contributed by atoms with Gasteiger partial charge in [-0.3, -0.25) is 0 Å². The Labute approximate surface area is 130 Å². The molecule has 0 fully saturated rings. The van der Waals surface area contributed by atoms with Crippen LogP contribution in [0.15, 0.2) is 10.2 Å². The third kappa shape index (κ3) is 9.17. The molecule has 0 aromatic carbocycles. The summed E-state index contributed by atoms with van der Waals surface area (Å²) in [6.45, 7) is 7.05. The molecule has 0 N–H and O–H groups in total. The van der Waals surface area contributed by atoms with Crippen molar-refractivity contribution in [3.63, 3.8) is 0 Å². The molecule has 0 aliphatic heterocycles. The first-order valence-corrected chi connectivity index (χ1v) is 16.0. The van der Waals surface area contributed by atoms with Gasteiger partial charge in [0.2, 0.25) is 0 Å². The van der Waals surface area contributed by atoms with Gasteiger partial charge in [0.05, 0.1) is 0 Å². The fraction of sp³-hybridized carbons (Fsp3) is 0.824. The molecule has 0 aromatic rings. The molecule has 0 rings (SSSR count). The van der Waals surface area contributed by atoms with Crippen LogP contribution in [0.2, 0.25) is 13.3 Å². The van der Waals surface area contributed by atoms with E-state index < -0.39 is 18.4 Å². The van der Waals surface area contributed by atoms with Crippen LogP contribution in [0.1, 0.15) is 59.3 Å². The molecule has 0 aliphatic carbocycles. The minimum absolute atomic E-state index is 0.137. The van der Waals surface area contributed by atoms with Crippen molar-refractivity contribution >= 4 is 24.2 Å². The Balaban J connectivity index is 4.86. The Morgan fingerprint density at radius 3 is 1.75 bits per heavy atom. The zero-order valence-corrected chi connectivity index (χ0v) is 16.9. The van der Waals surface area contributed by atoms with Gasteiger partial charge in [-0.15, -0.1) is 0 Å². The molecule has 0 spiro atoms. The molecular formula is C17H34O2Sn. The number of ether oxygens (including phenoxy) is 1. The van der Waals surface area contributed by atoms with E-state index in [0.29, 0.717) is 0 Å². The zero-order chi connectivity index (χ0) is 15.3. The van der Waals surface area contributed by atoms with Gasteiger partial charge in [0.1, 0.15) is 0 Å². The van der Waals surface area contributed by atoms with Crippen LogP contribution in [-0.4, -0.2) is 37.9 Å². The van der Waals surface area contributed by atoms with Gasteiger partial charge in [0.15, 0.2) is 0 Å². The zero-order valence-electron chi connectivity index (χ0n) is 14.0. The summed E-state index contributed by atoms with van der Waals surface area (Å²) in [5, 5.41) is 0. The average Bonchev–Trinajstić information content (AvgIpc) is 2.46. The average molecular weight is 389 g/mol. The second-order valence-corrected chi connectivity index (χ2v) is 18.9. The minimum atomic E-state index is -2.24. The number of hydrogen-bond acceptors (Lipinski definition) is 2. The quantitative estimate of drug-likeness (QED) is 0.322. The van der Waals surface area contributed by atoms with Crippen molar-refractivity contribution in [2.75, 3.05) is 13.7 Å². The summed E-state index contributed by atoms with van der Waals surface area (Å²) in [5.74, 6) is 0.137. The third-order valence-corrected chi connectivity index (χ3v) is 18.0. The van der Waals surface area contributed by atoms with E-state index in [9.17, 15) is 4.79 Å². The number of ketones is 1. The van der Waals surface area contributed by atoms with E-state index in [2.05, 4.69) is 24.9 Å². The van der Waals surface area contributed by atoms with Crippen LogP contribution in [0.4, 0.5) is 0 Å². The molecule has 0 aromatic heterocycles. The second kappa shape index (κ2) is 12.9. The summed E-state index contributed by atoms with van der Waals surface area (Å²) >= 11 is -2.24. The van der Waals surface area contributed by atoms with Crippen LogP contribution < -0.4 is 0 Å². The Morgan fingerprint density at radius 2 is 1.40 bits per heavy atom. The normalized spacial score (nSPS) is 12.2. The fourth-order valence-electron chi connectivity index (χ4n) is 2.67. The summed E-state index contributed by atoms with van der Waals surface area (Å²) in [4.78, 5) is 11.7. The third-order valence-electron chi connectivity index (χ3n) is 3.99. The molecule has 0 saturated heterocycles. The summed E-state index contributed by atoms with van der Waals surface area (Å²) in [6, 6.07) is 0. The summed E-state index contributed by atoms with van der Waals surface area (Å²) in [5.41, 5.74) is 0. The summed E-state index contributed by atoms with van der Waals surface area (Å²) in [6.07, 6.45) is 9.70. The van der Waals surface area contributed by atoms with Crippen LogP contribution in [0.5, 0.6) is 0 Å². The first-order valence-electron chi connectivity index (χ1n) is 8.35. The molecule has 2 nitrogen and oxygen atoms in total. The van der Waals surface area contributed by atoms with Crippen LogP contribution in [0, 0.1) is 0 Å². The van der Waals surface area contributed by atoms with Gasteiger partial charge in [-0.2, -0.15) is 0 Å². The van der Waals surface area contributed by atoms with E-state index in [1.54, 1.807) is 7.11 Å². The van der Waals surface area contributed by atoms with E-state index in [4.69, 9.17) is 4.74 Å². The number of carbonyl (C=O) groups excluding carboxylic acids is 1. The molecule has 0 aliphatic rings. The number of carbonyl (C=O) groups is 1. The van der Waals surface area contributed by atoms with E-state index in [0.717, 1.165) is 0 Å². The summed E-state index contributed by atoms with van der Waals surface area (Å²) < 4.78 is 11.6. The van der Waals surface area contributed by atoms with Gasteiger partial charge in [0.25, 0.3) is 0 Å². The first-order chi connectivity index (χ1) is 9.64. The molecular weight excluding hydrogens is 355 g/mol. The maximum atomic E-state index is 11.7. The van der Waals surface area contributed by atoms with Crippen molar-refractivity contribution in [2.45, 2.75) is 72.6 Å². The number of hydrogen-bond donors (Lipinski definition) is 0. The number of methoxy groups -OCH3 is 1. The maximum absolute atomic E-state index is 11.7. The van der Waals surface area contributed by atoms with Gasteiger partial charge in [0, 0.05) is 0 Å². The van der Waals surface area contributed by atoms with Crippen molar-refractivity contribution in [3.05, 3.63) is 10.2 Å². The molecule has 0 unspecified atom stereocenters. The number of unbranched alkanes of at least 4 members (excludes halogenated alkanes) is 3. The van der Waals surface area contributed by atoms with E-state index in [1.165, 1.54) is 51.8 Å². The van der Waals surface area contributed by atoms with Gasteiger partial charge in [-0.25, -0.2) is 0 Å². The molecule has 0 bridgehead atoms. The Hall–Kier alpha value is 0.169. The van der Waals surface area contributed by atoms with Gasteiger partial charge in [-0.1, -0.05) is 0 Å². The molecule has 0 heterocycles. The second-order valence-electron chi connectivity index (χ2n) is 5.91. The molecule has 3 heteroatoms. The van der Waals surface area contributed by atoms with Crippen LogP contribution in [0.3, 0.4) is 0 Å². The Bertz CT molecular complexity index is 252. The van der Waals surface area contributed by atoms with Crippen LogP contribution in [0.25, 0.3) is 0 Å². The molecule has 0 saturated carbocycles. The van der Waals surface area contributed by atoms with E-state index >= 15 is 0 Å². The van der Waals surface area contributed by atoms with Gasteiger partial charge >= 0.3 is 130 Å². The van der Waals surface area contributed by atoms with Crippen molar-refractivity contribution in [1.29, 1.82) is 0 Å². The van der Waals surface area contributed by atoms with Crippen molar-refractivity contribution in [2.24, 2.45) is 0 Å². The van der Waals surface area contributed by atoms with Gasteiger partial charge < -0.3 is 0 Å². The number of rotatable bonds is 13. The Kier molecular flexibility index (Phi) is 13.0. The fourth-order valence-corrected chi connectivity index (χ4v) is 16.8.